The Balaban J connectivity index is 2.28. The van der Waals surface area contributed by atoms with Gasteiger partial charge in [0.25, 0.3) is 0 Å². The van der Waals surface area contributed by atoms with Crippen LogP contribution < -0.4 is 10.5 Å². The molecule has 130 valence electrons. The SMILES string of the molecule is NC(CC1=CC(I)=C(Oc2ccc(O)c(I)c2)C(Cl)(I)C1)C(=O)O. The maximum absolute atomic E-state index is 10.9. The van der Waals surface area contributed by atoms with Crippen LogP contribution in [0.4, 0.5) is 0 Å². The van der Waals surface area contributed by atoms with Crippen molar-refractivity contribution in [2.24, 2.45) is 5.73 Å². The molecule has 0 aromatic heterocycles. The number of carboxylic acid groups (broad SMARTS) is 1. The van der Waals surface area contributed by atoms with Crippen molar-refractivity contribution < 1.29 is 19.7 Å². The Morgan fingerprint density at radius 2 is 2.12 bits per heavy atom. The molecule has 0 amide bonds. The Labute approximate surface area is 185 Å². The predicted molar refractivity (Wildman–Crippen MR) is 118 cm³/mol. The van der Waals surface area contributed by atoms with Crippen LogP contribution in [-0.2, 0) is 4.79 Å². The summed E-state index contributed by atoms with van der Waals surface area (Å²) in [5.74, 6) is 0.303. The first kappa shape index (κ1) is 20.5. The quantitative estimate of drug-likeness (QED) is 0.313. The highest BCUT2D eigenvalue weighted by atomic mass is 127. The summed E-state index contributed by atoms with van der Waals surface area (Å²) in [6.45, 7) is 0. The number of carbonyl (C=O) groups is 1. The zero-order chi connectivity index (χ0) is 18.1. The van der Waals surface area contributed by atoms with Gasteiger partial charge in [-0.05, 0) is 75.9 Å². The van der Waals surface area contributed by atoms with E-state index in [9.17, 15) is 9.90 Å². The highest BCUT2D eigenvalue weighted by molar-refractivity contribution is 14.1. The van der Waals surface area contributed by atoms with Crippen LogP contribution in [0.25, 0.3) is 0 Å². The molecule has 0 saturated carbocycles. The number of alkyl halides is 2. The number of allylic oxidation sites excluding steroid dienone is 3. The van der Waals surface area contributed by atoms with Crippen molar-refractivity contribution in [3.8, 4) is 11.5 Å². The number of rotatable bonds is 5. The van der Waals surface area contributed by atoms with Gasteiger partial charge in [0.1, 0.15) is 23.3 Å². The smallest absolute Gasteiger partial charge is 0.320 e. The molecule has 2 rings (SSSR count). The van der Waals surface area contributed by atoms with Crippen molar-refractivity contribution in [2.45, 2.75) is 21.8 Å². The average molecular weight is 687 g/mol. The van der Waals surface area contributed by atoms with Crippen LogP contribution in [0, 0.1) is 3.57 Å². The van der Waals surface area contributed by atoms with Crippen LogP contribution in [-0.4, -0.2) is 25.1 Å². The molecule has 9 heteroatoms. The first-order valence-electron chi connectivity index (χ1n) is 6.72. The second-order valence-electron chi connectivity index (χ2n) is 5.23. The number of aromatic hydroxyl groups is 1. The molecule has 1 aromatic rings. The lowest BCUT2D eigenvalue weighted by Crippen LogP contribution is -2.32. The van der Waals surface area contributed by atoms with Crippen molar-refractivity contribution in [1.82, 2.24) is 0 Å². The minimum absolute atomic E-state index is 0.187. The number of ether oxygens (including phenoxy) is 1. The van der Waals surface area contributed by atoms with Crippen LogP contribution in [0.5, 0.6) is 11.5 Å². The van der Waals surface area contributed by atoms with Gasteiger partial charge in [-0.1, -0.05) is 39.8 Å². The summed E-state index contributed by atoms with van der Waals surface area (Å²) < 4.78 is 6.58. The first-order chi connectivity index (χ1) is 11.1. The van der Waals surface area contributed by atoms with Crippen molar-refractivity contribution in [1.29, 1.82) is 0 Å². The van der Waals surface area contributed by atoms with E-state index in [0.29, 0.717) is 21.5 Å². The molecular weight excluding hydrogens is 674 g/mol. The van der Waals surface area contributed by atoms with Crippen molar-refractivity contribution in [3.63, 3.8) is 0 Å². The van der Waals surface area contributed by atoms with Gasteiger partial charge in [0.2, 0.25) is 0 Å². The van der Waals surface area contributed by atoms with Crippen molar-refractivity contribution >= 4 is 85.3 Å². The lowest BCUT2D eigenvalue weighted by molar-refractivity contribution is -0.138. The number of carboxylic acids is 1. The number of benzene rings is 1. The van der Waals surface area contributed by atoms with E-state index in [1.165, 1.54) is 0 Å². The van der Waals surface area contributed by atoms with E-state index >= 15 is 0 Å². The molecule has 2 atom stereocenters. The molecule has 4 N–H and O–H groups in total. The van der Waals surface area contributed by atoms with Crippen LogP contribution >= 0.6 is 79.4 Å². The zero-order valence-corrected chi connectivity index (χ0v) is 19.3. The summed E-state index contributed by atoms with van der Waals surface area (Å²) in [7, 11) is 0. The van der Waals surface area contributed by atoms with Gasteiger partial charge in [0.05, 0.1) is 7.15 Å². The van der Waals surface area contributed by atoms with E-state index in [2.05, 4.69) is 45.2 Å². The van der Waals surface area contributed by atoms with Gasteiger partial charge >= 0.3 is 5.97 Å². The molecule has 0 aliphatic heterocycles. The normalized spacial score (nSPS) is 22.1. The molecule has 0 saturated heterocycles. The number of halogens is 4. The highest BCUT2D eigenvalue weighted by Gasteiger charge is 2.37. The number of aliphatic carboxylic acids is 1. The van der Waals surface area contributed by atoms with Gasteiger partial charge in [-0.3, -0.25) is 4.79 Å². The van der Waals surface area contributed by atoms with Gasteiger partial charge in [0, 0.05) is 6.42 Å². The van der Waals surface area contributed by atoms with E-state index in [4.69, 9.17) is 27.2 Å². The fraction of sp³-hybridized carbons (Fsp3) is 0.267. The van der Waals surface area contributed by atoms with Crippen molar-refractivity contribution in [3.05, 3.63) is 42.8 Å². The third-order valence-corrected chi connectivity index (χ3v) is 6.11. The summed E-state index contributed by atoms with van der Waals surface area (Å²) in [5.41, 5.74) is 6.48. The Morgan fingerprint density at radius 1 is 1.46 bits per heavy atom. The zero-order valence-electron chi connectivity index (χ0n) is 12.1. The summed E-state index contributed by atoms with van der Waals surface area (Å²) in [6, 6.07) is 3.99. The van der Waals surface area contributed by atoms with E-state index < -0.39 is 14.9 Å². The van der Waals surface area contributed by atoms with Crippen LogP contribution in [0.1, 0.15) is 12.8 Å². The van der Waals surface area contributed by atoms with Gasteiger partial charge in [-0.25, -0.2) is 0 Å². The molecule has 2 unspecified atom stereocenters. The number of phenolic OH excluding ortho intramolecular Hbond substituents is 1. The standard InChI is InChI=1S/C15H13ClI3NO4/c16-15(19)6-7(4-11(20)14(22)23)3-10(18)13(15)24-8-1-2-12(21)9(17)5-8/h1-3,5,11,21H,4,6,20H2,(H,22,23). The molecule has 1 aliphatic rings. The number of hydrogen-bond acceptors (Lipinski definition) is 4. The molecule has 24 heavy (non-hydrogen) atoms. The molecule has 5 nitrogen and oxygen atoms in total. The van der Waals surface area contributed by atoms with Gasteiger partial charge in [-0.2, -0.15) is 0 Å². The molecule has 0 radical (unpaired) electrons. The molecular formula is C15H13ClI3NO4. The molecule has 0 bridgehead atoms. The minimum atomic E-state index is -1.04. The van der Waals surface area contributed by atoms with E-state index in [1.54, 1.807) is 18.2 Å². The Morgan fingerprint density at radius 3 is 2.67 bits per heavy atom. The molecule has 0 heterocycles. The largest absolute Gasteiger partial charge is 0.507 e. The Bertz CT molecular complexity index is 733. The second-order valence-corrected chi connectivity index (χ2v) is 10.7. The van der Waals surface area contributed by atoms with Crippen LogP contribution in [0.15, 0.2) is 39.2 Å². The Hall–Kier alpha value is 0.210. The van der Waals surface area contributed by atoms with E-state index in [0.717, 1.165) is 9.15 Å². The van der Waals surface area contributed by atoms with Crippen molar-refractivity contribution in [2.75, 3.05) is 0 Å². The maximum Gasteiger partial charge on any atom is 0.320 e. The molecule has 1 aromatic carbocycles. The third-order valence-electron chi connectivity index (χ3n) is 3.27. The van der Waals surface area contributed by atoms with Gasteiger partial charge in [-0.15, -0.1) is 0 Å². The average Bonchev–Trinajstić information content (AvgIpc) is 2.46. The van der Waals surface area contributed by atoms with E-state index in [1.807, 2.05) is 28.7 Å². The van der Waals surface area contributed by atoms with E-state index in [-0.39, 0.29) is 12.2 Å². The Kier molecular flexibility index (Phi) is 7.07. The highest BCUT2D eigenvalue weighted by Crippen LogP contribution is 2.47. The summed E-state index contributed by atoms with van der Waals surface area (Å²) in [6.07, 6.45) is 2.54. The lowest BCUT2D eigenvalue weighted by atomic mass is 9.97. The van der Waals surface area contributed by atoms with Gasteiger partial charge in [0.15, 0.2) is 2.88 Å². The number of nitrogens with two attached hydrogens (primary N) is 1. The summed E-state index contributed by atoms with van der Waals surface area (Å²) in [5, 5.41) is 18.6. The maximum atomic E-state index is 10.9. The number of hydrogen-bond donors (Lipinski definition) is 3. The first-order valence-corrected chi connectivity index (χ1v) is 10.3. The molecule has 0 fully saturated rings. The predicted octanol–water partition coefficient (Wildman–Crippen LogP) is 4.52. The lowest BCUT2D eigenvalue weighted by Gasteiger charge is -2.30. The molecule has 0 spiro atoms. The van der Waals surface area contributed by atoms with Crippen LogP contribution in [0.3, 0.4) is 0 Å². The van der Waals surface area contributed by atoms with Crippen LogP contribution in [0.2, 0.25) is 0 Å². The summed E-state index contributed by atoms with van der Waals surface area (Å²) in [4.78, 5) is 10.9. The van der Waals surface area contributed by atoms with Gasteiger partial charge < -0.3 is 20.7 Å². The fourth-order valence-corrected chi connectivity index (χ4v) is 5.50. The third kappa shape index (κ3) is 5.11. The second kappa shape index (κ2) is 8.27. The minimum Gasteiger partial charge on any atom is -0.507 e. The fourth-order valence-electron chi connectivity index (χ4n) is 2.13. The number of phenols is 1. The molecule has 1 aliphatic carbocycles. The topological polar surface area (TPSA) is 92.8 Å². The monoisotopic (exact) mass is 687 g/mol. The summed E-state index contributed by atoms with van der Waals surface area (Å²) >= 11 is 12.8.